The van der Waals surface area contributed by atoms with Crippen LogP contribution in [-0.4, -0.2) is 52.9 Å². The Morgan fingerprint density at radius 2 is 2.04 bits per heavy atom. The number of fused-ring (bicyclic) bond motifs is 1. The lowest BCUT2D eigenvalue weighted by molar-refractivity contribution is -0.127. The summed E-state index contributed by atoms with van der Waals surface area (Å²) in [6.07, 6.45) is 6.50. The minimum atomic E-state index is -0.704. The SMILES string of the molecule is CC(C)CN[C@@H]1CC[C@]2(O)CN(CC3CC3)CC[C@@]2(c2cccc(O)c2)C1. The first-order valence-electron chi connectivity index (χ1n) is 10.9. The number of hydrogen-bond acceptors (Lipinski definition) is 4. The van der Waals surface area contributed by atoms with E-state index < -0.39 is 5.60 Å². The summed E-state index contributed by atoms with van der Waals surface area (Å²) >= 11 is 0. The second kappa shape index (κ2) is 7.38. The Hall–Kier alpha value is -1.10. The van der Waals surface area contributed by atoms with E-state index in [1.54, 1.807) is 6.07 Å². The standard InChI is InChI=1S/C23H36N2O2/c1-17(2)14-24-20-8-9-23(27)16-25(15-18-6-7-18)11-10-22(23,13-20)19-4-3-5-21(26)12-19/h3-5,12,17-18,20,24,26-27H,6-11,13-16H2,1-2H3/t20-,22+,23+/m1/s1. The first kappa shape index (κ1) is 19.2. The van der Waals surface area contributed by atoms with Gasteiger partial charge in [0.15, 0.2) is 0 Å². The Balaban J connectivity index is 1.61. The second-order valence-corrected chi connectivity index (χ2v) is 9.83. The fourth-order valence-corrected chi connectivity index (χ4v) is 5.46. The van der Waals surface area contributed by atoms with E-state index in [-0.39, 0.29) is 5.41 Å². The molecule has 0 unspecified atom stereocenters. The Labute approximate surface area is 164 Å². The topological polar surface area (TPSA) is 55.7 Å². The van der Waals surface area contributed by atoms with Crippen LogP contribution in [0.1, 0.15) is 57.9 Å². The third kappa shape index (κ3) is 3.90. The maximum atomic E-state index is 11.9. The number of aliphatic hydroxyl groups is 1. The van der Waals surface area contributed by atoms with Crippen LogP contribution in [0.15, 0.2) is 24.3 Å². The second-order valence-electron chi connectivity index (χ2n) is 9.83. The molecular weight excluding hydrogens is 336 g/mol. The molecule has 150 valence electrons. The van der Waals surface area contributed by atoms with Crippen LogP contribution in [0.2, 0.25) is 0 Å². The first-order chi connectivity index (χ1) is 12.9. The number of benzene rings is 1. The van der Waals surface area contributed by atoms with Gasteiger partial charge in [-0.1, -0.05) is 26.0 Å². The maximum absolute atomic E-state index is 11.9. The normalized spacial score (nSPS) is 34.6. The number of likely N-dealkylation sites (tertiary alicyclic amines) is 1. The van der Waals surface area contributed by atoms with Gasteiger partial charge in [-0.2, -0.15) is 0 Å². The zero-order valence-electron chi connectivity index (χ0n) is 17.0. The molecule has 1 aromatic carbocycles. The average molecular weight is 373 g/mol. The molecular formula is C23H36N2O2. The highest BCUT2D eigenvalue weighted by Crippen LogP contribution is 2.52. The number of rotatable bonds is 6. The number of aromatic hydroxyl groups is 1. The van der Waals surface area contributed by atoms with Crippen LogP contribution < -0.4 is 5.32 Å². The number of piperidine rings is 1. The van der Waals surface area contributed by atoms with Crippen molar-refractivity contribution in [1.29, 1.82) is 0 Å². The van der Waals surface area contributed by atoms with Gasteiger partial charge in [0.1, 0.15) is 5.75 Å². The van der Waals surface area contributed by atoms with Gasteiger partial charge in [0.05, 0.1) is 5.60 Å². The molecule has 1 aliphatic heterocycles. The zero-order chi connectivity index (χ0) is 19.1. The molecule has 4 heteroatoms. The van der Waals surface area contributed by atoms with Gasteiger partial charge in [-0.05, 0) is 81.1 Å². The largest absolute Gasteiger partial charge is 0.508 e. The molecule has 1 saturated heterocycles. The fourth-order valence-electron chi connectivity index (χ4n) is 5.46. The van der Waals surface area contributed by atoms with E-state index in [4.69, 9.17) is 0 Å². The molecule has 27 heavy (non-hydrogen) atoms. The van der Waals surface area contributed by atoms with E-state index in [2.05, 4.69) is 30.1 Å². The van der Waals surface area contributed by atoms with Gasteiger partial charge < -0.3 is 20.4 Å². The molecule has 3 N–H and O–H groups in total. The number of nitrogens with one attached hydrogen (secondary N) is 1. The van der Waals surface area contributed by atoms with E-state index in [1.165, 1.54) is 12.8 Å². The summed E-state index contributed by atoms with van der Waals surface area (Å²) in [6.45, 7) is 8.48. The Morgan fingerprint density at radius 3 is 2.74 bits per heavy atom. The Bertz CT molecular complexity index is 660. The molecule has 4 rings (SSSR count). The summed E-state index contributed by atoms with van der Waals surface area (Å²) in [7, 11) is 0. The van der Waals surface area contributed by atoms with Crippen molar-refractivity contribution >= 4 is 0 Å². The third-order valence-corrected chi connectivity index (χ3v) is 7.16. The molecule has 4 nitrogen and oxygen atoms in total. The van der Waals surface area contributed by atoms with Gasteiger partial charge in [-0.25, -0.2) is 0 Å². The van der Waals surface area contributed by atoms with Gasteiger partial charge in [0, 0.05) is 24.5 Å². The molecule has 3 aliphatic rings. The molecule has 1 aromatic rings. The summed E-state index contributed by atoms with van der Waals surface area (Å²) in [6, 6.07) is 8.11. The molecule has 0 spiro atoms. The van der Waals surface area contributed by atoms with Gasteiger partial charge >= 0.3 is 0 Å². The molecule has 0 radical (unpaired) electrons. The van der Waals surface area contributed by atoms with Crippen LogP contribution in [0.25, 0.3) is 0 Å². The van der Waals surface area contributed by atoms with Gasteiger partial charge in [0.25, 0.3) is 0 Å². The highest BCUT2D eigenvalue weighted by molar-refractivity contribution is 5.38. The van der Waals surface area contributed by atoms with E-state index in [1.807, 2.05) is 12.1 Å². The van der Waals surface area contributed by atoms with E-state index in [0.29, 0.717) is 17.7 Å². The van der Waals surface area contributed by atoms with Crippen molar-refractivity contribution < 1.29 is 10.2 Å². The lowest BCUT2D eigenvalue weighted by atomic mass is 9.55. The monoisotopic (exact) mass is 372 g/mol. The lowest BCUT2D eigenvalue weighted by Crippen LogP contribution is -2.67. The summed E-state index contributed by atoms with van der Waals surface area (Å²) in [5.74, 6) is 1.79. The molecule has 2 saturated carbocycles. The molecule has 0 aromatic heterocycles. The van der Waals surface area contributed by atoms with Gasteiger partial charge in [0.2, 0.25) is 0 Å². The van der Waals surface area contributed by atoms with Crippen molar-refractivity contribution in [2.75, 3.05) is 26.2 Å². The van der Waals surface area contributed by atoms with Crippen molar-refractivity contribution in [2.24, 2.45) is 11.8 Å². The molecule has 0 bridgehead atoms. The van der Waals surface area contributed by atoms with Crippen molar-refractivity contribution in [3.63, 3.8) is 0 Å². The molecule has 2 aliphatic carbocycles. The highest BCUT2D eigenvalue weighted by atomic mass is 16.3. The van der Waals surface area contributed by atoms with Gasteiger partial charge in [-0.15, -0.1) is 0 Å². The van der Waals surface area contributed by atoms with E-state index in [0.717, 1.165) is 63.3 Å². The smallest absolute Gasteiger partial charge is 0.115 e. The number of hydrogen-bond donors (Lipinski definition) is 3. The van der Waals surface area contributed by atoms with E-state index in [9.17, 15) is 10.2 Å². The van der Waals surface area contributed by atoms with Crippen molar-refractivity contribution in [3.8, 4) is 5.75 Å². The van der Waals surface area contributed by atoms with Crippen LogP contribution in [0.5, 0.6) is 5.75 Å². The molecule has 1 heterocycles. The summed E-state index contributed by atoms with van der Waals surface area (Å²) in [4.78, 5) is 2.50. The van der Waals surface area contributed by atoms with Gasteiger partial charge in [-0.3, -0.25) is 0 Å². The number of phenolic OH excluding ortho intramolecular Hbond substituents is 1. The predicted octanol–water partition coefficient (Wildman–Crippen LogP) is 3.27. The zero-order valence-corrected chi connectivity index (χ0v) is 17.0. The summed E-state index contributed by atoms with van der Waals surface area (Å²) in [5.41, 5.74) is 0.148. The van der Waals surface area contributed by atoms with Crippen LogP contribution >= 0.6 is 0 Å². The molecule has 3 fully saturated rings. The molecule has 3 atom stereocenters. The Morgan fingerprint density at radius 1 is 1.22 bits per heavy atom. The fraction of sp³-hybridized carbons (Fsp3) is 0.739. The van der Waals surface area contributed by atoms with Crippen molar-refractivity contribution in [1.82, 2.24) is 10.2 Å². The first-order valence-corrected chi connectivity index (χ1v) is 10.9. The van der Waals surface area contributed by atoms with Crippen LogP contribution in [0.4, 0.5) is 0 Å². The minimum absolute atomic E-state index is 0.265. The average Bonchev–Trinajstić information content (AvgIpc) is 3.43. The third-order valence-electron chi connectivity index (χ3n) is 7.16. The van der Waals surface area contributed by atoms with Crippen molar-refractivity contribution in [3.05, 3.63) is 29.8 Å². The molecule has 0 amide bonds. The number of nitrogens with zero attached hydrogens (tertiary/aromatic N) is 1. The quantitative estimate of drug-likeness (QED) is 0.717. The van der Waals surface area contributed by atoms with E-state index >= 15 is 0 Å². The number of β-amino-alcohol motifs (C(OH)–C–C–N with tert-alkyl or cyclic N) is 1. The summed E-state index contributed by atoms with van der Waals surface area (Å²) in [5, 5.41) is 25.8. The maximum Gasteiger partial charge on any atom is 0.115 e. The van der Waals surface area contributed by atoms with Crippen LogP contribution in [-0.2, 0) is 5.41 Å². The Kier molecular flexibility index (Phi) is 5.26. The van der Waals surface area contributed by atoms with Crippen LogP contribution in [0.3, 0.4) is 0 Å². The lowest BCUT2D eigenvalue weighted by Gasteiger charge is -2.58. The highest BCUT2D eigenvalue weighted by Gasteiger charge is 2.57. The van der Waals surface area contributed by atoms with Crippen LogP contribution in [0, 0.1) is 11.8 Å². The van der Waals surface area contributed by atoms with Crippen molar-refractivity contribution in [2.45, 2.75) is 69.4 Å². The number of phenols is 1. The minimum Gasteiger partial charge on any atom is -0.508 e. The summed E-state index contributed by atoms with van der Waals surface area (Å²) < 4.78 is 0. The predicted molar refractivity (Wildman–Crippen MR) is 109 cm³/mol.